The molecule has 0 saturated carbocycles. The van der Waals surface area contributed by atoms with Gasteiger partial charge in [-0.3, -0.25) is 9.78 Å². The quantitative estimate of drug-likeness (QED) is 0.728. The van der Waals surface area contributed by atoms with Gasteiger partial charge in [0.1, 0.15) is 5.01 Å². The lowest BCUT2D eigenvalue weighted by Crippen LogP contribution is -1.83. The van der Waals surface area contributed by atoms with Gasteiger partial charge in [0.2, 0.25) is 0 Å². The molecule has 0 fully saturated rings. The number of rotatable bonds is 2. The number of carbonyl (C=O) groups excluding carboxylic acids is 1. The molecule has 0 bridgehead atoms. The summed E-state index contributed by atoms with van der Waals surface area (Å²) in [7, 11) is 0. The highest BCUT2D eigenvalue weighted by Crippen LogP contribution is 2.26. The lowest BCUT2D eigenvalue weighted by atomic mass is 10.2. The molecule has 0 amide bonds. The average molecular weight is 218 g/mol. The zero-order valence-electron chi connectivity index (χ0n) is 8.52. The molecule has 2 rings (SSSR count). The number of pyridine rings is 1. The van der Waals surface area contributed by atoms with E-state index in [1.54, 1.807) is 25.5 Å². The number of Topliss-reactive ketones (excluding diaryl/α,β-unsaturated/α-hetero) is 1. The van der Waals surface area contributed by atoms with E-state index in [2.05, 4.69) is 9.97 Å². The van der Waals surface area contributed by atoms with Crippen LogP contribution in [0.15, 0.2) is 24.7 Å². The van der Waals surface area contributed by atoms with E-state index in [1.165, 1.54) is 11.3 Å². The van der Waals surface area contributed by atoms with Crippen LogP contribution in [0, 0.1) is 6.92 Å². The van der Waals surface area contributed by atoms with Crippen LogP contribution in [0.1, 0.15) is 22.2 Å². The summed E-state index contributed by atoms with van der Waals surface area (Å²) in [6, 6.07) is 1.93. The SMILES string of the molecule is CC(=O)c1cnc(-c2cnccc2C)s1. The Labute approximate surface area is 91.8 Å². The molecule has 15 heavy (non-hydrogen) atoms. The Kier molecular flexibility index (Phi) is 2.60. The van der Waals surface area contributed by atoms with E-state index < -0.39 is 0 Å². The first-order valence-electron chi connectivity index (χ1n) is 4.56. The van der Waals surface area contributed by atoms with Crippen LogP contribution in [0.2, 0.25) is 0 Å². The Balaban J connectivity index is 2.46. The molecule has 0 aliphatic carbocycles. The topological polar surface area (TPSA) is 42.9 Å². The van der Waals surface area contributed by atoms with Crippen molar-refractivity contribution in [3.8, 4) is 10.6 Å². The van der Waals surface area contributed by atoms with Crippen LogP contribution in [-0.2, 0) is 0 Å². The molecule has 0 aromatic carbocycles. The Morgan fingerprint density at radius 3 is 2.80 bits per heavy atom. The first-order valence-corrected chi connectivity index (χ1v) is 5.38. The Morgan fingerprint density at radius 2 is 2.20 bits per heavy atom. The lowest BCUT2D eigenvalue weighted by Gasteiger charge is -1.98. The Hall–Kier alpha value is -1.55. The van der Waals surface area contributed by atoms with Crippen molar-refractivity contribution in [3.05, 3.63) is 35.1 Å². The molecule has 0 aliphatic rings. The second-order valence-electron chi connectivity index (χ2n) is 3.28. The Bertz CT molecular complexity index is 505. The molecule has 0 spiro atoms. The predicted molar refractivity (Wildman–Crippen MR) is 60.1 cm³/mol. The Morgan fingerprint density at radius 1 is 1.40 bits per heavy atom. The van der Waals surface area contributed by atoms with Gasteiger partial charge >= 0.3 is 0 Å². The van der Waals surface area contributed by atoms with Gasteiger partial charge in [0.05, 0.1) is 4.88 Å². The highest BCUT2D eigenvalue weighted by Gasteiger charge is 2.09. The molecular formula is C11H10N2OS. The van der Waals surface area contributed by atoms with Gasteiger partial charge in [0.15, 0.2) is 5.78 Å². The molecule has 3 nitrogen and oxygen atoms in total. The summed E-state index contributed by atoms with van der Waals surface area (Å²) >= 11 is 1.41. The van der Waals surface area contributed by atoms with Crippen LogP contribution in [0.25, 0.3) is 10.6 Å². The zero-order valence-corrected chi connectivity index (χ0v) is 9.34. The van der Waals surface area contributed by atoms with Gasteiger partial charge < -0.3 is 0 Å². The van der Waals surface area contributed by atoms with Crippen LogP contribution in [0.3, 0.4) is 0 Å². The molecule has 0 unspecified atom stereocenters. The fourth-order valence-corrected chi connectivity index (χ4v) is 2.14. The summed E-state index contributed by atoms with van der Waals surface area (Å²) in [5, 5.41) is 0.853. The summed E-state index contributed by atoms with van der Waals surface area (Å²) in [5.74, 6) is 0.0558. The van der Waals surface area contributed by atoms with Crippen molar-refractivity contribution in [2.75, 3.05) is 0 Å². The standard InChI is InChI=1S/C11H10N2OS/c1-7-3-4-12-5-9(7)11-13-6-10(15-11)8(2)14/h3-6H,1-2H3. The maximum Gasteiger partial charge on any atom is 0.171 e. The number of aromatic nitrogens is 2. The molecule has 0 saturated heterocycles. The van der Waals surface area contributed by atoms with Crippen molar-refractivity contribution >= 4 is 17.1 Å². The molecule has 0 atom stereocenters. The summed E-state index contributed by atoms with van der Waals surface area (Å²) in [6.45, 7) is 3.55. The first-order chi connectivity index (χ1) is 7.18. The molecule has 0 N–H and O–H groups in total. The largest absolute Gasteiger partial charge is 0.294 e. The fraction of sp³-hybridized carbons (Fsp3) is 0.182. The van der Waals surface area contributed by atoms with Crippen molar-refractivity contribution in [2.24, 2.45) is 0 Å². The summed E-state index contributed by atoms with van der Waals surface area (Å²) in [6.07, 6.45) is 5.14. The minimum absolute atomic E-state index is 0.0558. The fourth-order valence-electron chi connectivity index (χ4n) is 1.25. The van der Waals surface area contributed by atoms with Crippen molar-refractivity contribution in [1.82, 2.24) is 9.97 Å². The van der Waals surface area contributed by atoms with E-state index in [0.717, 1.165) is 16.1 Å². The van der Waals surface area contributed by atoms with Gasteiger partial charge in [-0.15, -0.1) is 11.3 Å². The third-order valence-corrected chi connectivity index (χ3v) is 3.25. The smallest absolute Gasteiger partial charge is 0.171 e. The first kappa shape index (κ1) is 9.98. The average Bonchev–Trinajstić information content (AvgIpc) is 2.67. The van der Waals surface area contributed by atoms with E-state index in [4.69, 9.17) is 0 Å². The molecule has 2 aromatic heterocycles. The van der Waals surface area contributed by atoms with Crippen LogP contribution in [0.4, 0.5) is 0 Å². The van der Waals surface area contributed by atoms with Crippen LogP contribution in [0.5, 0.6) is 0 Å². The summed E-state index contributed by atoms with van der Waals surface area (Å²) in [4.78, 5) is 20.1. The normalized spacial score (nSPS) is 10.3. The van der Waals surface area contributed by atoms with E-state index in [0.29, 0.717) is 4.88 Å². The number of aryl methyl sites for hydroxylation is 1. The molecule has 76 valence electrons. The number of hydrogen-bond acceptors (Lipinski definition) is 4. The molecule has 2 aromatic rings. The van der Waals surface area contributed by atoms with Crippen molar-refractivity contribution < 1.29 is 4.79 Å². The minimum atomic E-state index is 0.0558. The third kappa shape index (κ3) is 1.94. The zero-order chi connectivity index (χ0) is 10.8. The van der Waals surface area contributed by atoms with Gasteiger partial charge in [-0.2, -0.15) is 0 Å². The molecule has 2 heterocycles. The lowest BCUT2D eigenvalue weighted by molar-refractivity contribution is 0.102. The van der Waals surface area contributed by atoms with Crippen LogP contribution >= 0.6 is 11.3 Å². The monoisotopic (exact) mass is 218 g/mol. The highest BCUT2D eigenvalue weighted by atomic mass is 32.1. The number of thiazole rings is 1. The number of nitrogens with zero attached hydrogens (tertiary/aromatic N) is 2. The second kappa shape index (κ2) is 3.90. The van der Waals surface area contributed by atoms with Gasteiger partial charge in [-0.25, -0.2) is 4.98 Å². The number of ketones is 1. The maximum atomic E-state index is 11.1. The van der Waals surface area contributed by atoms with E-state index >= 15 is 0 Å². The highest BCUT2D eigenvalue weighted by molar-refractivity contribution is 7.16. The van der Waals surface area contributed by atoms with Crippen LogP contribution < -0.4 is 0 Å². The molecule has 0 aliphatic heterocycles. The van der Waals surface area contributed by atoms with Crippen molar-refractivity contribution in [2.45, 2.75) is 13.8 Å². The second-order valence-corrected chi connectivity index (χ2v) is 4.31. The van der Waals surface area contributed by atoms with E-state index in [1.807, 2.05) is 13.0 Å². The van der Waals surface area contributed by atoms with E-state index in [-0.39, 0.29) is 5.78 Å². The molecular weight excluding hydrogens is 208 g/mol. The molecule has 4 heteroatoms. The van der Waals surface area contributed by atoms with Crippen molar-refractivity contribution in [3.63, 3.8) is 0 Å². The predicted octanol–water partition coefficient (Wildman–Crippen LogP) is 2.72. The molecule has 0 radical (unpaired) electrons. The van der Waals surface area contributed by atoms with Gasteiger partial charge in [-0.1, -0.05) is 0 Å². The van der Waals surface area contributed by atoms with Gasteiger partial charge in [0, 0.05) is 31.1 Å². The minimum Gasteiger partial charge on any atom is -0.294 e. The number of carbonyl (C=O) groups is 1. The van der Waals surface area contributed by atoms with Crippen LogP contribution in [-0.4, -0.2) is 15.8 Å². The van der Waals surface area contributed by atoms with Gasteiger partial charge in [-0.05, 0) is 18.6 Å². The van der Waals surface area contributed by atoms with E-state index in [9.17, 15) is 4.79 Å². The third-order valence-electron chi connectivity index (χ3n) is 2.12. The summed E-state index contributed by atoms with van der Waals surface area (Å²) < 4.78 is 0. The number of hydrogen-bond donors (Lipinski definition) is 0. The van der Waals surface area contributed by atoms with Gasteiger partial charge in [0.25, 0.3) is 0 Å². The maximum absolute atomic E-state index is 11.1. The summed E-state index contributed by atoms with van der Waals surface area (Å²) in [5.41, 5.74) is 2.12. The van der Waals surface area contributed by atoms with Crippen molar-refractivity contribution in [1.29, 1.82) is 0 Å².